The van der Waals surface area contributed by atoms with Crippen molar-refractivity contribution < 1.29 is 30.0 Å². The SMILES string of the molecule is C/C(=C\Cc1c(O)cc2c(c1O)C(=O)C[C@@H](c1ccc(O)c(O)c1)O2)CCC=C(S)S. The van der Waals surface area contributed by atoms with E-state index < -0.39 is 6.10 Å². The molecule has 1 atom stereocenters. The van der Waals surface area contributed by atoms with Gasteiger partial charge in [0.05, 0.1) is 6.42 Å². The van der Waals surface area contributed by atoms with Gasteiger partial charge in [0.15, 0.2) is 17.3 Å². The second-order valence-electron chi connectivity index (χ2n) is 7.43. The Bertz CT molecular complexity index is 1070. The minimum atomic E-state index is -0.713. The van der Waals surface area contributed by atoms with Crippen molar-refractivity contribution in [2.45, 2.75) is 38.7 Å². The maximum atomic E-state index is 12.8. The molecule has 2 aromatic rings. The lowest BCUT2D eigenvalue weighted by atomic mass is 9.92. The smallest absolute Gasteiger partial charge is 0.174 e. The molecule has 0 saturated carbocycles. The van der Waals surface area contributed by atoms with Crippen LogP contribution < -0.4 is 4.74 Å². The highest BCUT2D eigenvalue weighted by atomic mass is 32.2. The molecule has 31 heavy (non-hydrogen) atoms. The van der Waals surface area contributed by atoms with E-state index in [1.807, 2.05) is 19.1 Å². The van der Waals surface area contributed by atoms with Crippen molar-refractivity contribution in [3.63, 3.8) is 0 Å². The highest BCUT2D eigenvalue weighted by Gasteiger charge is 2.32. The predicted octanol–water partition coefficient (Wildman–Crippen LogP) is 5.19. The fourth-order valence-electron chi connectivity index (χ4n) is 3.44. The third-order valence-corrected chi connectivity index (χ3v) is 5.52. The second kappa shape index (κ2) is 9.62. The van der Waals surface area contributed by atoms with Crippen molar-refractivity contribution >= 4 is 31.0 Å². The van der Waals surface area contributed by atoms with Crippen molar-refractivity contribution in [2.75, 3.05) is 0 Å². The number of allylic oxidation sites excluding steroid dienone is 3. The Morgan fingerprint density at radius 3 is 2.52 bits per heavy atom. The molecule has 0 saturated heterocycles. The van der Waals surface area contributed by atoms with E-state index in [4.69, 9.17) is 4.74 Å². The Morgan fingerprint density at radius 1 is 1.10 bits per heavy atom. The van der Waals surface area contributed by atoms with Gasteiger partial charge in [0.25, 0.3) is 0 Å². The van der Waals surface area contributed by atoms with Crippen LogP contribution in [0.4, 0.5) is 0 Å². The number of benzene rings is 2. The lowest BCUT2D eigenvalue weighted by Gasteiger charge is -2.27. The van der Waals surface area contributed by atoms with Crippen molar-refractivity contribution in [1.29, 1.82) is 0 Å². The van der Waals surface area contributed by atoms with E-state index in [1.54, 1.807) is 6.07 Å². The van der Waals surface area contributed by atoms with Crippen LogP contribution in [0.5, 0.6) is 28.7 Å². The summed E-state index contributed by atoms with van der Waals surface area (Å²) in [5.74, 6) is -1.31. The summed E-state index contributed by atoms with van der Waals surface area (Å²) in [5.41, 5.74) is 1.85. The molecule has 1 heterocycles. The number of phenolic OH excluding ortho intramolecular Hbond substituents is 4. The highest BCUT2D eigenvalue weighted by Crippen LogP contribution is 2.45. The largest absolute Gasteiger partial charge is 0.507 e. The molecule has 6 nitrogen and oxygen atoms in total. The summed E-state index contributed by atoms with van der Waals surface area (Å²) in [5, 5.41) is 40.3. The molecule has 0 bridgehead atoms. The normalized spacial score (nSPS) is 15.9. The third kappa shape index (κ3) is 5.32. The molecule has 3 rings (SSSR count). The van der Waals surface area contributed by atoms with Crippen LogP contribution in [0.1, 0.15) is 53.8 Å². The highest BCUT2D eigenvalue weighted by molar-refractivity contribution is 8.05. The van der Waals surface area contributed by atoms with E-state index in [0.717, 1.165) is 18.4 Å². The Kier molecular flexibility index (Phi) is 7.12. The van der Waals surface area contributed by atoms with Gasteiger partial charge in [0, 0.05) is 15.9 Å². The number of Topliss-reactive ketones (excluding diaryl/α,β-unsaturated/α-hetero) is 1. The van der Waals surface area contributed by atoms with Gasteiger partial charge in [-0.3, -0.25) is 4.79 Å². The summed E-state index contributed by atoms with van der Waals surface area (Å²) < 4.78 is 6.48. The Morgan fingerprint density at radius 2 is 1.84 bits per heavy atom. The summed E-state index contributed by atoms with van der Waals surface area (Å²) in [4.78, 5) is 12.8. The molecule has 0 aliphatic carbocycles. The van der Waals surface area contributed by atoms with Crippen molar-refractivity contribution in [3.05, 3.63) is 62.9 Å². The fourth-order valence-corrected chi connectivity index (χ4v) is 3.69. The number of rotatable bonds is 6. The van der Waals surface area contributed by atoms with E-state index in [-0.39, 0.29) is 58.5 Å². The van der Waals surface area contributed by atoms with E-state index in [0.29, 0.717) is 9.80 Å². The average Bonchev–Trinajstić information content (AvgIpc) is 2.68. The molecule has 8 heteroatoms. The minimum Gasteiger partial charge on any atom is -0.507 e. The number of hydrogen-bond donors (Lipinski definition) is 6. The topological polar surface area (TPSA) is 107 Å². The Labute approximate surface area is 191 Å². The quantitative estimate of drug-likeness (QED) is 0.201. The monoisotopic (exact) mass is 460 g/mol. The lowest BCUT2D eigenvalue weighted by Crippen LogP contribution is -2.21. The van der Waals surface area contributed by atoms with Gasteiger partial charge in [-0.2, -0.15) is 0 Å². The number of carbonyl (C=O) groups is 1. The summed E-state index contributed by atoms with van der Waals surface area (Å²) >= 11 is 8.21. The molecular weight excluding hydrogens is 436 g/mol. The summed E-state index contributed by atoms with van der Waals surface area (Å²) in [6.45, 7) is 1.95. The molecule has 0 radical (unpaired) electrons. The number of phenols is 4. The average molecular weight is 461 g/mol. The third-order valence-electron chi connectivity index (χ3n) is 5.16. The van der Waals surface area contributed by atoms with Gasteiger partial charge in [-0.1, -0.05) is 23.8 Å². The minimum absolute atomic E-state index is 0.0378. The molecule has 0 unspecified atom stereocenters. The molecule has 0 amide bonds. The van der Waals surface area contributed by atoms with Gasteiger partial charge < -0.3 is 25.2 Å². The first-order valence-electron chi connectivity index (χ1n) is 9.70. The van der Waals surface area contributed by atoms with Crippen LogP contribution in [0.2, 0.25) is 0 Å². The molecule has 1 aliphatic heterocycles. The van der Waals surface area contributed by atoms with Crippen molar-refractivity contribution in [3.8, 4) is 28.7 Å². The van der Waals surface area contributed by atoms with Crippen molar-refractivity contribution in [1.82, 2.24) is 0 Å². The number of ketones is 1. The zero-order valence-electron chi connectivity index (χ0n) is 16.9. The standard InChI is InChI=1S/C23H24O6S2/c1-12(3-2-4-21(30)31)5-7-14-16(25)10-20-22(23(14)28)18(27)11-19(29-20)13-6-8-15(24)17(26)9-13/h4-6,8-10,19,24-26,28,30-31H,2-3,7,11H2,1H3/b12-5+/t19-/m0/s1. The van der Waals surface area contributed by atoms with Gasteiger partial charge in [0.1, 0.15) is 28.9 Å². The van der Waals surface area contributed by atoms with E-state index in [1.165, 1.54) is 18.2 Å². The van der Waals surface area contributed by atoms with Crippen LogP contribution in [0.25, 0.3) is 0 Å². The molecule has 2 aromatic carbocycles. The van der Waals surface area contributed by atoms with E-state index in [9.17, 15) is 25.2 Å². The van der Waals surface area contributed by atoms with Crippen LogP contribution in [-0.2, 0) is 6.42 Å². The summed E-state index contributed by atoms with van der Waals surface area (Å²) in [7, 11) is 0. The zero-order valence-corrected chi connectivity index (χ0v) is 18.7. The predicted molar refractivity (Wildman–Crippen MR) is 125 cm³/mol. The fraction of sp³-hybridized carbons (Fsp3) is 0.261. The number of fused-ring (bicyclic) bond motifs is 1. The number of carbonyl (C=O) groups excluding carboxylic acids is 1. The Hall–Kier alpha value is -2.71. The number of aromatic hydroxyl groups is 4. The first-order chi connectivity index (χ1) is 14.7. The van der Waals surface area contributed by atoms with Crippen LogP contribution in [-0.4, -0.2) is 26.2 Å². The number of ether oxygens (including phenoxy) is 1. The summed E-state index contributed by atoms with van der Waals surface area (Å²) in [6, 6.07) is 5.50. The molecule has 164 valence electrons. The van der Waals surface area contributed by atoms with Crippen LogP contribution in [0, 0.1) is 0 Å². The molecule has 0 aromatic heterocycles. The maximum Gasteiger partial charge on any atom is 0.174 e. The zero-order chi connectivity index (χ0) is 22.7. The molecular formula is C23H24O6S2. The summed E-state index contributed by atoms with van der Waals surface area (Å²) in [6.07, 6.45) is 4.83. The van der Waals surface area contributed by atoms with Crippen molar-refractivity contribution in [2.24, 2.45) is 0 Å². The van der Waals surface area contributed by atoms with Gasteiger partial charge in [-0.05, 0) is 43.9 Å². The van der Waals surface area contributed by atoms with Gasteiger partial charge in [-0.25, -0.2) is 0 Å². The molecule has 0 fully saturated rings. The lowest BCUT2D eigenvalue weighted by molar-refractivity contribution is 0.0844. The van der Waals surface area contributed by atoms with Crippen LogP contribution >= 0.6 is 25.3 Å². The van der Waals surface area contributed by atoms with Gasteiger partial charge >= 0.3 is 0 Å². The van der Waals surface area contributed by atoms with Gasteiger partial charge in [-0.15, -0.1) is 25.3 Å². The molecule has 1 aliphatic rings. The maximum absolute atomic E-state index is 12.8. The first-order valence-corrected chi connectivity index (χ1v) is 10.6. The van der Waals surface area contributed by atoms with Gasteiger partial charge in [0.2, 0.25) is 0 Å². The van der Waals surface area contributed by atoms with E-state index >= 15 is 0 Å². The number of hydrogen-bond acceptors (Lipinski definition) is 8. The van der Waals surface area contributed by atoms with E-state index in [2.05, 4.69) is 25.3 Å². The van der Waals surface area contributed by atoms with Crippen LogP contribution in [0.3, 0.4) is 0 Å². The number of thiol groups is 2. The first kappa shape index (κ1) is 23.0. The Balaban J connectivity index is 1.84. The molecule has 0 spiro atoms. The second-order valence-corrected chi connectivity index (χ2v) is 8.75. The molecule has 4 N–H and O–H groups in total. The van der Waals surface area contributed by atoms with Crippen LogP contribution in [0.15, 0.2) is 46.2 Å².